The standard InChI is InChI=1S/C26H28N4O3/c1-6-18-12-14-28(15-13-18)23-21(24(31)29(17(4)5)26(23)33)20-22(16(2)3)27-30(25(20)32)19-10-8-7-9-11-19/h7-17H,6H2,1-5H3. The molecule has 170 valence electrons. The number of carbonyl (C=O) groups is 2. The molecule has 3 heterocycles. The number of rotatable bonds is 6. The number of nitrogens with zero attached hydrogens (tertiary/aromatic N) is 4. The summed E-state index contributed by atoms with van der Waals surface area (Å²) in [5.74, 6) is -1.42. The predicted octanol–water partition coefficient (Wildman–Crippen LogP) is 3.06. The van der Waals surface area contributed by atoms with Crippen LogP contribution in [0.5, 0.6) is 5.88 Å². The van der Waals surface area contributed by atoms with Crippen molar-refractivity contribution < 1.29 is 19.3 Å². The number of aryl methyl sites for hydroxylation is 1. The zero-order valence-electron chi connectivity index (χ0n) is 19.6. The van der Waals surface area contributed by atoms with Gasteiger partial charge in [-0.05, 0) is 49.8 Å². The molecule has 1 aliphatic rings. The Morgan fingerprint density at radius 1 is 0.970 bits per heavy atom. The smallest absolute Gasteiger partial charge is 0.327 e. The first kappa shape index (κ1) is 22.5. The van der Waals surface area contributed by atoms with Crippen LogP contribution in [0.15, 0.2) is 54.9 Å². The Bertz CT molecular complexity index is 1240. The van der Waals surface area contributed by atoms with E-state index in [1.54, 1.807) is 42.9 Å². The molecule has 33 heavy (non-hydrogen) atoms. The summed E-state index contributed by atoms with van der Waals surface area (Å²) in [4.78, 5) is 28.3. The number of pyridine rings is 1. The Balaban J connectivity index is 2.02. The van der Waals surface area contributed by atoms with E-state index >= 15 is 0 Å². The fourth-order valence-electron chi connectivity index (χ4n) is 4.11. The highest BCUT2D eigenvalue weighted by molar-refractivity contribution is 6.45. The molecule has 0 fully saturated rings. The summed E-state index contributed by atoms with van der Waals surface area (Å²) in [5.41, 5.74) is 2.69. The molecule has 0 N–H and O–H groups in total. The second kappa shape index (κ2) is 8.65. The number of hydrogen-bond acceptors (Lipinski definition) is 4. The van der Waals surface area contributed by atoms with Gasteiger partial charge in [-0.15, -0.1) is 0 Å². The lowest BCUT2D eigenvalue weighted by atomic mass is 9.98. The molecular formula is C26H28N4O3. The third kappa shape index (κ3) is 3.73. The minimum absolute atomic E-state index is 0.110. The topological polar surface area (TPSA) is 82.1 Å². The first-order valence-corrected chi connectivity index (χ1v) is 11.2. The summed E-state index contributed by atoms with van der Waals surface area (Å²) in [6, 6.07) is 12.6. The average molecular weight is 445 g/mol. The maximum atomic E-state index is 13.7. The lowest BCUT2D eigenvalue weighted by Gasteiger charge is -2.19. The number of carbonyl (C=O) groups excluding carboxylic acids is 2. The van der Waals surface area contributed by atoms with Crippen LogP contribution in [0.3, 0.4) is 0 Å². The Hall–Kier alpha value is -3.74. The van der Waals surface area contributed by atoms with Crippen LogP contribution in [-0.4, -0.2) is 32.5 Å². The van der Waals surface area contributed by atoms with Crippen molar-refractivity contribution in [2.45, 2.75) is 53.0 Å². The van der Waals surface area contributed by atoms with Gasteiger partial charge in [-0.1, -0.05) is 39.0 Å². The molecule has 4 rings (SSSR count). The monoisotopic (exact) mass is 444 g/mol. The van der Waals surface area contributed by atoms with Gasteiger partial charge in [0.2, 0.25) is 0 Å². The highest BCUT2D eigenvalue weighted by Gasteiger charge is 2.47. The first-order valence-electron chi connectivity index (χ1n) is 11.2. The third-order valence-electron chi connectivity index (χ3n) is 5.84. The predicted molar refractivity (Wildman–Crippen MR) is 123 cm³/mol. The molecule has 2 aromatic heterocycles. The normalized spacial score (nSPS) is 14.3. The number of amides is 2. The maximum Gasteiger partial charge on any atom is 0.327 e. The van der Waals surface area contributed by atoms with Crippen LogP contribution in [0.1, 0.15) is 57.4 Å². The molecule has 1 aromatic carbocycles. The fraction of sp³-hybridized carbons (Fsp3) is 0.308. The van der Waals surface area contributed by atoms with Crippen LogP contribution in [-0.2, 0) is 16.0 Å². The van der Waals surface area contributed by atoms with Crippen LogP contribution in [0.25, 0.3) is 17.0 Å². The summed E-state index contributed by atoms with van der Waals surface area (Å²) in [5, 5.41) is 18.3. The second-order valence-electron chi connectivity index (χ2n) is 8.73. The van der Waals surface area contributed by atoms with Crippen molar-refractivity contribution in [3.05, 3.63) is 71.7 Å². The largest absolute Gasteiger partial charge is 0.858 e. The molecule has 0 aliphatic carbocycles. The van der Waals surface area contributed by atoms with E-state index in [0.29, 0.717) is 11.4 Å². The molecule has 0 saturated carbocycles. The third-order valence-corrected chi connectivity index (χ3v) is 5.84. The van der Waals surface area contributed by atoms with E-state index in [1.165, 1.54) is 9.58 Å². The SMILES string of the molecule is CCc1cc[n+](C2=C(c3c(C(C)C)nn(-c4ccccc4)c3[O-])C(=O)N(C(C)C)C2=O)cc1. The highest BCUT2D eigenvalue weighted by Crippen LogP contribution is 2.39. The molecule has 1 aliphatic heterocycles. The Morgan fingerprint density at radius 2 is 1.61 bits per heavy atom. The van der Waals surface area contributed by atoms with E-state index in [4.69, 9.17) is 0 Å². The number of para-hydroxylation sites is 1. The Kier molecular flexibility index (Phi) is 5.89. The molecule has 0 unspecified atom stereocenters. The summed E-state index contributed by atoms with van der Waals surface area (Å²) in [7, 11) is 0. The van der Waals surface area contributed by atoms with Gasteiger partial charge >= 0.3 is 5.91 Å². The molecule has 0 saturated heterocycles. The van der Waals surface area contributed by atoms with Gasteiger partial charge in [0.05, 0.1) is 11.4 Å². The molecule has 7 nitrogen and oxygen atoms in total. The lowest BCUT2D eigenvalue weighted by molar-refractivity contribution is -0.577. The van der Waals surface area contributed by atoms with Gasteiger partial charge in [-0.2, -0.15) is 9.67 Å². The zero-order chi connectivity index (χ0) is 23.9. The van der Waals surface area contributed by atoms with Gasteiger partial charge in [0.25, 0.3) is 11.6 Å². The lowest BCUT2D eigenvalue weighted by Crippen LogP contribution is -2.42. The van der Waals surface area contributed by atoms with Crippen molar-refractivity contribution in [1.82, 2.24) is 14.7 Å². The molecule has 0 radical (unpaired) electrons. The van der Waals surface area contributed by atoms with E-state index in [-0.39, 0.29) is 28.8 Å². The van der Waals surface area contributed by atoms with Gasteiger partial charge in [-0.25, -0.2) is 4.68 Å². The fourth-order valence-corrected chi connectivity index (χ4v) is 4.11. The van der Waals surface area contributed by atoms with Gasteiger partial charge < -0.3 is 5.11 Å². The van der Waals surface area contributed by atoms with E-state index in [2.05, 4.69) is 5.10 Å². The minimum Gasteiger partial charge on any atom is -0.858 e. The van der Waals surface area contributed by atoms with Crippen molar-refractivity contribution in [2.24, 2.45) is 0 Å². The van der Waals surface area contributed by atoms with Gasteiger partial charge in [0, 0.05) is 23.7 Å². The van der Waals surface area contributed by atoms with Crippen molar-refractivity contribution in [1.29, 1.82) is 0 Å². The maximum absolute atomic E-state index is 13.7. The highest BCUT2D eigenvalue weighted by atomic mass is 16.3. The van der Waals surface area contributed by atoms with E-state index < -0.39 is 17.7 Å². The molecule has 0 spiro atoms. The Morgan fingerprint density at radius 3 is 2.15 bits per heavy atom. The number of benzene rings is 1. The Labute approximate surface area is 193 Å². The number of imide groups is 1. The van der Waals surface area contributed by atoms with E-state index in [9.17, 15) is 14.7 Å². The van der Waals surface area contributed by atoms with Gasteiger partial charge in [-0.3, -0.25) is 14.5 Å². The average Bonchev–Trinajstić information content (AvgIpc) is 3.27. The van der Waals surface area contributed by atoms with Crippen molar-refractivity contribution in [3.8, 4) is 11.6 Å². The summed E-state index contributed by atoms with van der Waals surface area (Å²) in [6.07, 6.45) is 4.39. The van der Waals surface area contributed by atoms with Gasteiger partial charge in [0.15, 0.2) is 12.4 Å². The van der Waals surface area contributed by atoms with Crippen molar-refractivity contribution in [3.63, 3.8) is 0 Å². The first-order chi connectivity index (χ1) is 15.8. The van der Waals surface area contributed by atoms with E-state index in [1.807, 2.05) is 51.1 Å². The molecule has 7 heteroatoms. The zero-order valence-corrected chi connectivity index (χ0v) is 19.6. The molecule has 0 bridgehead atoms. The number of aromatic nitrogens is 3. The van der Waals surface area contributed by atoms with Crippen LogP contribution in [0, 0.1) is 0 Å². The van der Waals surface area contributed by atoms with Crippen molar-refractivity contribution >= 4 is 23.1 Å². The summed E-state index contributed by atoms with van der Waals surface area (Å²) in [6.45, 7) is 9.47. The van der Waals surface area contributed by atoms with E-state index in [0.717, 1.165) is 12.0 Å². The quantitative estimate of drug-likeness (QED) is 0.432. The second-order valence-corrected chi connectivity index (χ2v) is 8.73. The summed E-state index contributed by atoms with van der Waals surface area (Å²) >= 11 is 0. The van der Waals surface area contributed by atoms with Crippen LogP contribution in [0.2, 0.25) is 0 Å². The van der Waals surface area contributed by atoms with Crippen molar-refractivity contribution in [2.75, 3.05) is 0 Å². The van der Waals surface area contributed by atoms with Crippen LogP contribution < -0.4 is 9.67 Å². The molecular weight excluding hydrogens is 416 g/mol. The van der Waals surface area contributed by atoms with Crippen LogP contribution in [0.4, 0.5) is 0 Å². The molecule has 3 aromatic rings. The van der Waals surface area contributed by atoms with Crippen LogP contribution >= 0.6 is 0 Å². The minimum atomic E-state index is -0.469. The summed E-state index contributed by atoms with van der Waals surface area (Å²) < 4.78 is 2.95. The number of hydrogen-bond donors (Lipinski definition) is 0. The van der Waals surface area contributed by atoms with Gasteiger partial charge in [0.1, 0.15) is 5.57 Å². The molecule has 0 atom stereocenters. The molecule has 2 amide bonds.